The normalized spacial score (nSPS) is 16.5. The third-order valence-corrected chi connectivity index (χ3v) is 4.27. The highest BCUT2D eigenvalue weighted by molar-refractivity contribution is 5.80. The van der Waals surface area contributed by atoms with Crippen LogP contribution < -0.4 is 10.2 Å². The molecule has 0 radical (unpaired) electrons. The summed E-state index contributed by atoms with van der Waals surface area (Å²) in [6, 6.07) is 6.33. The van der Waals surface area contributed by atoms with Crippen molar-refractivity contribution in [2.45, 2.75) is 12.8 Å². The number of hydrogen-bond acceptors (Lipinski definition) is 5. The van der Waals surface area contributed by atoms with Crippen LogP contribution in [-0.4, -0.2) is 35.5 Å². The minimum Gasteiger partial charge on any atom is -0.368 e. The number of nitrogens with zero attached hydrogens (tertiary/aromatic N) is 4. The summed E-state index contributed by atoms with van der Waals surface area (Å²) in [6.45, 7) is 1.59. The molecular formula is C18H18FN5O. The van der Waals surface area contributed by atoms with Gasteiger partial charge in [0.25, 0.3) is 0 Å². The molecule has 1 amide bonds. The fraction of sp³-hybridized carbons (Fsp3) is 0.333. The Hall–Kier alpha value is -3.01. The Bertz CT molecular complexity index is 790. The van der Waals surface area contributed by atoms with Gasteiger partial charge in [-0.15, -0.1) is 0 Å². The van der Waals surface area contributed by atoms with Crippen LogP contribution in [0, 0.1) is 23.1 Å². The molecule has 2 aromatic rings. The van der Waals surface area contributed by atoms with Gasteiger partial charge in [0.1, 0.15) is 5.82 Å². The summed E-state index contributed by atoms with van der Waals surface area (Å²) in [5.74, 6) is -0.625. The van der Waals surface area contributed by atoms with Crippen LogP contribution in [0.25, 0.3) is 0 Å². The smallest absolute Gasteiger partial charge is 0.224 e. The third-order valence-electron chi connectivity index (χ3n) is 4.27. The fourth-order valence-electron chi connectivity index (χ4n) is 2.94. The van der Waals surface area contributed by atoms with E-state index in [1.165, 1.54) is 6.07 Å². The van der Waals surface area contributed by atoms with E-state index in [4.69, 9.17) is 5.26 Å². The summed E-state index contributed by atoms with van der Waals surface area (Å²) in [7, 11) is 0. The van der Waals surface area contributed by atoms with Gasteiger partial charge in [0.15, 0.2) is 0 Å². The molecule has 0 bridgehead atoms. The molecule has 6 nitrogen and oxygen atoms in total. The van der Waals surface area contributed by atoms with E-state index in [2.05, 4.69) is 15.3 Å². The van der Waals surface area contributed by atoms with Gasteiger partial charge >= 0.3 is 0 Å². The fourth-order valence-corrected chi connectivity index (χ4v) is 2.94. The quantitative estimate of drug-likeness (QED) is 0.896. The molecule has 1 aromatic heterocycles. The van der Waals surface area contributed by atoms with E-state index < -0.39 is 5.82 Å². The van der Waals surface area contributed by atoms with Gasteiger partial charge in [0.2, 0.25) is 5.91 Å². The summed E-state index contributed by atoms with van der Waals surface area (Å²) in [5, 5.41) is 11.7. The first-order valence-electron chi connectivity index (χ1n) is 8.14. The first-order chi connectivity index (χ1) is 12.2. The number of amides is 1. The maximum atomic E-state index is 14.1. The number of aromatic nitrogens is 2. The Morgan fingerprint density at radius 2 is 2.32 bits per heavy atom. The lowest BCUT2D eigenvalue weighted by Crippen LogP contribution is -2.34. The summed E-state index contributed by atoms with van der Waals surface area (Å²) in [6.07, 6.45) is 6.21. The average molecular weight is 339 g/mol. The van der Waals surface area contributed by atoms with Gasteiger partial charge in [-0.1, -0.05) is 0 Å². The number of hydrogen-bond donors (Lipinski definition) is 1. The van der Waals surface area contributed by atoms with E-state index in [-0.39, 0.29) is 11.8 Å². The van der Waals surface area contributed by atoms with Crippen molar-refractivity contribution >= 4 is 11.6 Å². The number of anilines is 1. The minimum atomic E-state index is -0.428. The summed E-state index contributed by atoms with van der Waals surface area (Å²) < 4.78 is 14.1. The monoisotopic (exact) mass is 339 g/mol. The van der Waals surface area contributed by atoms with Crippen LogP contribution in [0.5, 0.6) is 0 Å². The van der Waals surface area contributed by atoms with E-state index in [1.54, 1.807) is 30.7 Å². The lowest BCUT2D eigenvalue weighted by atomic mass is 10.1. The van der Waals surface area contributed by atoms with Crippen molar-refractivity contribution in [2.24, 2.45) is 5.92 Å². The van der Waals surface area contributed by atoms with E-state index >= 15 is 0 Å². The van der Waals surface area contributed by atoms with Gasteiger partial charge in [-0.2, -0.15) is 5.26 Å². The lowest BCUT2D eigenvalue weighted by Gasteiger charge is -2.19. The van der Waals surface area contributed by atoms with Gasteiger partial charge in [-0.25, -0.2) is 4.39 Å². The predicted molar refractivity (Wildman–Crippen MR) is 90.2 cm³/mol. The van der Waals surface area contributed by atoms with E-state index in [9.17, 15) is 9.18 Å². The molecule has 1 aliphatic heterocycles. The predicted octanol–water partition coefficient (Wildman–Crippen LogP) is 1.67. The second-order valence-electron chi connectivity index (χ2n) is 5.95. The molecule has 1 N–H and O–H groups in total. The Morgan fingerprint density at radius 1 is 1.44 bits per heavy atom. The van der Waals surface area contributed by atoms with E-state index in [0.717, 1.165) is 5.69 Å². The molecule has 7 heteroatoms. The number of benzene rings is 1. The minimum absolute atomic E-state index is 0.0274. The van der Waals surface area contributed by atoms with Crippen LogP contribution in [0.3, 0.4) is 0 Å². The number of rotatable bonds is 5. The zero-order chi connectivity index (χ0) is 17.6. The summed E-state index contributed by atoms with van der Waals surface area (Å²) in [4.78, 5) is 22.3. The van der Waals surface area contributed by atoms with Crippen molar-refractivity contribution in [1.82, 2.24) is 15.3 Å². The molecule has 1 fully saturated rings. The molecule has 0 saturated carbocycles. The Labute approximate surface area is 145 Å². The average Bonchev–Trinajstić information content (AvgIpc) is 3.12. The van der Waals surface area contributed by atoms with Crippen molar-refractivity contribution in [3.63, 3.8) is 0 Å². The lowest BCUT2D eigenvalue weighted by molar-refractivity contribution is -0.124. The van der Waals surface area contributed by atoms with Crippen molar-refractivity contribution in [3.05, 3.63) is 53.9 Å². The molecule has 0 aliphatic carbocycles. The van der Waals surface area contributed by atoms with Crippen molar-refractivity contribution in [2.75, 3.05) is 24.5 Å². The number of halogens is 1. The standard InChI is InChI=1S/C18H18FN5O/c19-16-9-13(10-20)1-2-17(16)24-8-4-14(12-24)18(25)23-5-3-15-11-21-6-7-22-15/h1-2,6-7,9,11,14H,3-5,8,12H2,(H,23,25). The zero-order valence-corrected chi connectivity index (χ0v) is 13.7. The van der Waals surface area contributed by atoms with Gasteiger partial charge < -0.3 is 10.2 Å². The number of nitriles is 1. The van der Waals surface area contributed by atoms with Crippen LogP contribution in [0.4, 0.5) is 10.1 Å². The maximum Gasteiger partial charge on any atom is 0.224 e. The molecule has 25 heavy (non-hydrogen) atoms. The van der Waals surface area contributed by atoms with Crippen LogP contribution in [-0.2, 0) is 11.2 Å². The Kier molecular flexibility index (Phi) is 5.19. The third kappa shape index (κ3) is 4.10. The second-order valence-corrected chi connectivity index (χ2v) is 5.95. The zero-order valence-electron chi connectivity index (χ0n) is 13.7. The number of carbonyl (C=O) groups excluding carboxylic acids is 1. The second kappa shape index (κ2) is 7.71. The van der Waals surface area contributed by atoms with Crippen molar-refractivity contribution in [1.29, 1.82) is 5.26 Å². The molecule has 1 aromatic carbocycles. The van der Waals surface area contributed by atoms with Gasteiger partial charge in [-0.3, -0.25) is 14.8 Å². The van der Waals surface area contributed by atoms with Gasteiger partial charge in [0, 0.05) is 44.6 Å². The Morgan fingerprint density at radius 3 is 3.04 bits per heavy atom. The van der Waals surface area contributed by atoms with Crippen molar-refractivity contribution < 1.29 is 9.18 Å². The largest absolute Gasteiger partial charge is 0.368 e. The van der Waals surface area contributed by atoms with Crippen molar-refractivity contribution in [3.8, 4) is 6.07 Å². The molecule has 128 valence electrons. The summed E-state index contributed by atoms with van der Waals surface area (Å²) in [5.41, 5.74) is 1.56. The van der Waals surface area contributed by atoms with E-state index in [1.807, 2.05) is 11.0 Å². The highest BCUT2D eigenvalue weighted by Gasteiger charge is 2.29. The maximum absolute atomic E-state index is 14.1. The Balaban J connectivity index is 1.52. The molecule has 2 heterocycles. The van der Waals surface area contributed by atoms with Crippen LogP contribution in [0.15, 0.2) is 36.8 Å². The first-order valence-corrected chi connectivity index (χ1v) is 8.14. The number of nitrogens with one attached hydrogen (secondary N) is 1. The molecule has 1 aliphatic rings. The van der Waals surface area contributed by atoms with Crippen LogP contribution >= 0.6 is 0 Å². The first kappa shape index (κ1) is 16.8. The highest BCUT2D eigenvalue weighted by Crippen LogP contribution is 2.27. The number of carbonyl (C=O) groups is 1. The van der Waals surface area contributed by atoms with Gasteiger partial charge in [-0.05, 0) is 24.6 Å². The topological polar surface area (TPSA) is 81.9 Å². The van der Waals surface area contributed by atoms with E-state index in [0.29, 0.717) is 43.7 Å². The molecule has 3 rings (SSSR count). The van der Waals surface area contributed by atoms with Gasteiger partial charge in [0.05, 0.1) is 28.9 Å². The molecule has 0 spiro atoms. The summed E-state index contributed by atoms with van der Waals surface area (Å²) >= 11 is 0. The molecule has 1 saturated heterocycles. The SMILES string of the molecule is N#Cc1ccc(N2CCC(C(=O)NCCc3cnccn3)C2)c(F)c1. The van der Waals surface area contributed by atoms with Crippen LogP contribution in [0.2, 0.25) is 0 Å². The van der Waals surface area contributed by atoms with Crippen LogP contribution in [0.1, 0.15) is 17.7 Å². The molecular weight excluding hydrogens is 321 g/mol. The highest BCUT2D eigenvalue weighted by atomic mass is 19.1. The molecule has 1 atom stereocenters. The molecule has 1 unspecified atom stereocenters.